The minimum Gasteiger partial charge on any atom is -0.403 e. The normalized spacial score (nSPS) is 11.4. The third kappa shape index (κ3) is 3.89. The maximum Gasteiger partial charge on any atom is 0.362 e. The Morgan fingerprint density at radius 3 is 2.39 bits per heavy atom. The second-order valence-electron chi connectivity index (χ2n) is 5.12. The van der Waals surface area contributed by atoms with Gasteiger partial charge in [0.2, 0.25) is 0 Å². The zero-order valence-corrected chi connectivity index (χ0v) is 13.7. The molecule has 0 spiro atoms. The average molecular weight is 338 g/mol. The topological polar surface area (TPSA) is 98.2 Å². The van der Waals surface area contributed by atoms with Crippen LogP contribution in [0.3, 0.4) is 0 Å². The van der Waals surface area contributed by atoms with E-state index >= 15 is 0 Å². The molecule has 8 heteroatoms. The van der Waals surface area contributed by atoms with Crippen LogP contribution >= 0.6 is 0 Å². The molecule has 0 fully saturated rings. The Hall–Kier alpha value is -2.35. The summed E-state index contributed by atoms with van der Waals surface area (Å²) in [6, 6.07) is 8.99. The lowest BCUT2D eigenvalue weighted by molar-refractivity contribution is 0.0651. The second kappa shape index (κ2) is 6.82. The fraction of sp³-hybridized carbons (Fsp3) is 0.333. The summed E-state index contributed by atoms with van der Waals surface area (Å²) in [5.41, 5.74) is -0.812. The minimum atomic E-state index is -3.82. The molecule has 0 aliphatic carbocycles. The summed E-state index contributed by atoms with van der Waals surface area (Å²) in [6.45, 7) is 1.81. The molecule has 0 saturated carbocycles. The molecule has 1 aromatic heterocycles. The van der Waals surface area contributed by atoms with Crippen molar-refractivity contribution in [3.8, 4) is 0 Å². The average Bonchev–Trinajstić information content (AvgIpc) is 2.48. The first-order chi connectivity index (χ1) is 10.8. The first-order valence-corrected chi connectivity index (χ1v) is 8.99. The maximum absolute atomic E-state index is 12.1. The van der Waals surface area contributed by atoms with Crippen LogP contribution in [0.1, 0.15) is 24.5 Å². The molecule has 1 aromatic carbocycles. The van der Waals surface area contributed by atoms with Crippen LogP contribution in [0.25, 0.3) is 0 Å². The molecule has 0 saturated heterocycles. The van der Waals surface area contributed by atoms with E-state index in [-0.39, 0.29) is 23.6 Å². The van der Waals surface area contributed by atoms with Gasteiger partial charge in [0.15, 0.2) is 14.9 Å². The summed E-state index contributed by atoms with van der Waals surface area (Å²) >= 11 is 0. The molecular formula is C15H18N2O5S. The van der Waals surface area contributed by atoms with Crippen molar-refractivity contribution in [2.75, 3.05) is 6.26 Å². The van der Waals surface area contributed by atoms with Crippen molar-refractivity contribution >= 4 is 9.84 Å². The molecule has 0 bridgehead atoms. The predicted octanol–water partition coefficient (Wildman–Crippen LogP) is 0.521. The van der Waals surface area contributed by atoms with Gasteiger partial charge in [0.05, 0.1) is 5.56 Å². The van der Waals surface area contributed by atoms with Crippen molar-refractivity contribution in [1.82, 2.24) is 9.71 Å². The number of benzene rings is 1. The highest BCUT2D eigenvalue weighted by Gasteiger charge is 2.24. The van der Waals surface area contributed by atoms with Gasteiger partial charge in [-0.3, -0.25) is 9.78 Å². The molecular weight excluding hydrogens is 320 g/mol. The van der Waals surface area contributed by atoms with Crippen LogP contribution in [0, 0.1) is 0 Å². The number of hydrogen-bond acceptors (Lipinski definition) is 5. The van der Waals surface area contributed by atoms with Crippen LogP contribution in [-0.4, -0.2) is 24.4 Å². The first-order valence-electron chi connectivity index (χ1n) is 7.10. The van der Waals surface area contributed by atoms with E-state index < -0.39 is 21.1 Å². The standard InChI is InChI=1S/C15H18N2O5S/c1-3-7-12-13(18)16-15(19)17(14(12)23(2,20)21)22-10-11-8-5-4-6-9-11/h4-6,8-9H,3,7,10H2,1-2H3,(H,16,18,19). The van der Waals surface area contributed by atoms with Crippen LogP contribution in [0.4, 0.5) is 0 Å². The van der Waals surface area contributed by atoms with E-state index in [4.69, 9.17) is 4.84 Å². The van der Waals surface area contributed by atoms with Crippen molar-refractivity contribution in [2.24, 2.45) is 0 Å². The molecule has 1 heterocycles. The summed E-state index contributed by atoms with van der Waals surface area (Å²) in [4.78, 5) is 31.4. The van der Waals surface area contributed by atoms with Crippen molar-refractivity contribution in [3.05, 3.63) is 62.3 Å². The third-order valence-corrected chi connectivity index (χ3v) is 4.29. The van der Waals surface area contributed by atoms with Crippen LogP contribution in [0.15, 0.2) is 44.9 Å². The summed E-state index contributed by atoms with van der Waals surface area (Å²) in [7, 11) is -3.82. The van der Waals surface area contributed by atoms with Gasteiger partial charge < -0.3 is 4.84 Å². The van der Waals surface area contributed by atoms with Gasteiger partial charge in [-0.2, -0.15) is 0 Å². The molecule has 0 unspecified atom stereocenters. The number of rotatable bonds is 6. The maximum atomic E-state index is 12.1. The number of H-pyrrole nitrogens is 1. The lowest BCUT2D eigenvalue weighted by Gasteiger charge is -2.15. The Labute approximate surface area is 133 Å². The van der Waals surface area contributed by atoms with Gasteiger partial charge in [-0.1, -0.05) is 43.7 Å². The van der Waals surface area contributed by atoms with Gasteiger partial charge in [0, 0.05) is 6.26 Å². The van der Waals surface area contributed by atoms with E-state index in [1.54, 1.807) is 24.3 Å². The number of nitrogens with zero attached hydrogens (tertiary/aromatic N) is 1. The molecule has 0 aliphatic rings. The largest absolute Gasteiger partial charge is 0.403 e. The van der Waals surface area contributed by atoms with Gasteiger partial charge in [-0.05, 0) is 12.0 Å². The van der Waals surface area contributed by atoms with E-state index in [0.717, 1.165) is 11.8 Å². The highest BCUT2D eigenvalue weighted by molar-refractivity contribution is 7.90. The van der Waals surface area contributed by atoms with Crippen molar-refractivity contribution < 1.29 is 13.3 Å². The van der Waals surface area contributed by atoms with E-state index in [1.807, 2.05) is 13.0 Å². The Morgan fingerprint density at radius 2 is 1.83 bits per heavy atom. The minimum absolute atomic E-state index is 0.000869. The predicted molar refractivity (Wildman–Crippen MR) is 85.2 cm³/mol. The van der Waals surface area contributed by atoms with Gasteiger partial charge >= 0.3 is 5.69 Å². The summed E-state index contributed by atoms with van der Waals surface area (Å²) in [5, 5.41) is -0.385. The lowest BCUT2D eigenvalue weighted by atomic mass is 10.2. The van der Waals surface area contributed by atoms with E-state index in [9.17, 15) is 18.0 Å². The zero-order valence-electron chi connectivity index (χ0n) is 12.9. The molecule has 2 aromatic rings. The Morgan fingerprint density at radius 1 is 1.17 bits per heavy atom. The lowest BCUT2D eigenvalue weighted by Crippen LogP contribution is -2.39. The number of hydrogen-bond donors (Lipinski definition) is 1. The Kier molecular flexibility index (Phi) is 5.05. The fourth-order valence-electron chi connectivity index (χ4n) is 2.21. The molecule has 2 rings (SSSR count). The molecule has 7 nitrogen and oxygen atoms in total. The van der Waals surface area contributed by atoms with Gasteiger partial charge in [-0.25, -0.2) is 13.2 Å². The molecule has 0 radical (unpaired) electrons. The van der Waals surface area contributed by atoms with Crippen LogP contribution in [0.5, 0.6) is 0 Å². The summed E-state index contributed by atoms with van der Waals surface area (Å²) < 4.78 is 24.8. The highest BCUT2D eigenvalue weighted by Crippen LogP contribution is 2.12. The molecule has 0 amide bonds. The monoisotopic (exact) mass is 338 g/mol. The summed E-state index contributed by atoms with van der Waals surface area (Å²) in [5.74, 6) is 0. The zero-order chi connectivity index (χ0) is 17.0. The van der Waals surface area contributed by atoms with Crippen molar-refractivity contribution in [3.63, 3.8) is 0 Å². The van der Waals surface area contributed by atoms with E-state index in [1.165, 1.54) is 0 Å². The quantitative estimate of drug-likeness (QED) is 0.774. The van der Waals surface area contributed by atoms with Crippen LogP contribution in [0.2, 0.25) is 0 Å². The highest BCUT2D eigenvalue weighted by atomic mass is 32.2. The van der Waals surface area contributed by atoms with E-state index in [2.05, 4.69) is 4.98 Å². The molecule has 1 N–H and O–H groups in total. The number of aromatic nitrogens is 2. The summed E-state index contributed by atoms with van der Waals surface area (Å²) in [6.07, 6.45) is 1.73. The smallest absolute Gasteiger partial charge is 0.362 e. The third-order valence-electron chi connectivity index (χ3n) is 3.18. The van der Waals surface area contributed by atoms with Crippen LogP contribution < -0.4 is 16.1 Å². The number of nitrogens with one attached hydrogen (secondary N) is 1. The SMILES string of the molecule is CCCc1c(S(C)(=O)=O)n(OCc2ccccc2)c(=O)[nH]c1=O. The van der Waals surface area contributed by atoms with Crippen LogP contribution in [-0.2, 0) is 22.9 Å². The van der Waals surface area contributed by atoms with Gasteiger partial charge in [0.1, 0.15) is 6.61 Å². The van der Waals surface area contributed by atoms with Crippen molar-refractivity contribution in [1.29, 1.82) is 0 Å². The number of aromatic amines is 1. The Bertz CT molecular complexity index is 898. The molecule has 0 aliphatic heterocycles. The van der Waals surface area contributed by atoms with Crippen molar-refractivity contribution in [2.45, 2.75) is 31.4 Å². The van der Waals surface area contributed by atoms with Gasteiger partial charge in [0.25, 0.3) is 5.56 Å². The fourth-order valence-corrected chi connectivity index (χ4v) is 3.29. The second-order valence-corrected chi connectivity index (χ2v) is 7.05. The van der Waals surface area contributed by atoms with Gasteiger partial charge in [-0.15, -0.1) is 4.73 Å². The van der Waals surface area contributed by atoms with E-state index in [0.29, 0.717) is 11.2 Å². The number of sulfone groups is 1. The molecule has 0 atom stereocenters. The Balaban J connectivity index is 2.55. The molecule has 23 heavy (non-hydrogen) atoms. The first kappa shape index (κ1) is 17.0. The molecule has 124 valence electrons.